The second-order valence-corrected chi connectivity index (χ2v) is 5.68. The highest BCUT2D eigenvalue weighted by Crippen LogP contribution is 2.37. The first-order valence-electron chi connectivity index (χ1n) is 7.02. The van der Waals surface area contributed by atoms with E-state index in [1.807, 2.05) is 30.3 Å². The van der Waals surface area contributed by atoms with E-state index in [2.05, 4.69) is 0 Å². The number of nitrogens with zero attached hydrogens (tertiary/aromatic N) is 1. The average molecular weight is 302 g/mol. The number of aromatic hydroxyl groups is 1. The van der Waals surface area contributed by atoms with E-state index in [9.17, 15) is 9.90 Å². The van der Waals surface area contributed by atoms with Crippen LogP contribution in [-0.4, -0.2) is 11.0 Å². The summed E-state index contributed by atoms with van der Waals surface area (Å²) in [5.74, 6) is 0.257. The Bertz CT molecular complexity index is 654. The molecule has 1 fully saturated rings. The van der Waals surface area contributed by atoms with E-state index < -0.39 is 0 Å². The highest BCUT2D eigenvalue weighted by molar-refractivity contribution is 6.30. The summed E-state index contributed by atoms with van der Waals surface area (Å²) in [6.45, 7) is 0. The van der Waals surface area contributed by atoms with E-state index in [0.717, 1.165) is 24.1 Å². The third-order valence-electron chi connectivity index (χ3n) is 3.81. The summed E-state index contributed by atoms with van der Waals surface area (Å²) in [4.78, 5) is 14.2. The third-order valence-corrected chi connectivity index (χ3v) is 4.06. The molecule has 21 heavy (non-hydrogen) atoms. The molecule has 1 amide bonds. The van der Waals surface area contributed by atoms with E-state index >= 15 is 0 Å². The maximum Gasteiger partial charge on any atom is 0.227 e. The molecule has 1 unspecified atom stereocenters. The quantitative estimate of drug-likeness (QED) is 0.898. The summed E-state index contributed by atoms with van der Waals surface area (Å²) >= 11 is 5.94. The summed E-state index contributed by atoms with van der Waals surface area (Å²) in [6, 6.07) is 14.4. The number of carbonyl (C=O) groups is 1. The number of phenols is 1. The van der Waals surface area contributed by atoms with E-state index in [1.165, 1.54) is 0 Å². The van der Waals surface area contributed by atoms with Crippen LogP contribution in [0.5, 0.6) is 5.75 Å². The van der Waals surface area contributed by atoms with Crippen molar-refractivity contribution in [3.05, 3.63) is 59.1 Å². The van der Waals surface area contributed by atoms with Crippen molar-refractivity contribution in [3.8, 4) is 5.75 Å². The maximum absolute atomic E-state index is 12.4. The second-order valence-electron chi connectivity index (χ2n) is 5.24. The summed E-state index contributed by atoms with van der Waals surface area (Å²) in [7, 11) is 0. The van der Waals surface area contributed by atoms with Crippen LogP contribution < -0.4 is 4.90 Å². The lowest BCUT2D eigenvalue weighted by atomic mass is 9.94. The molecule has 3 rings (SSSR count). The van der Waals surface area contributed by atoms with Gasteiger partial charge in [-0.15, -0.1) is 0 Å². The molecule has 1 N–H and O–H groups in total. The Hall–Kier alpha value is -2.00. The molecule has 3 nitrogen and oxygen atoms in total. The van der Waals surface area contributed by atoms with Crippen LogP contribution in [0.25, 0.3) is 0 Å². The van der Waals surface area contributed by atoms with Crippen LogP contribution in [0.15, 0.2) is 48.5 Å². The molecule has 1 atom stereocenters. The standard InChI is InChI=1S/C17H16ClNO2/c18-13-9-7-12(8-10-13)16-5-2-6-17(21)19(16)14-3-1-4-15(20)11-14/h1,3-4,7-11,16,20H,2,5-6H2. The maximum atomic E-state index is 12.4. The van der Waals surface area contributed by atoms with E-state index in [4.69, 9.17) is 11.6 Å². The van der Waals surface area contributed by atoms with Crippen molar-refractivity contribution in [1.29, 1.82) is 0 Å². The van der Waals surface area contributed by atoms with E-state index in [1.54, 1.807) is 23.1 Å². The minimum absolute atomic E-state index is 0.00897. The number of benzene rings is 2. The molecule has 0 spiro atoms. The van der Waals surface area contributed by atoms with Crippen molar-refractivity contribution in [2.75, 3.05) is 4.90 Å². The fourth-order valence-electron chi connectivity index (χ4n) is 2.84. The van der Waals surface area contributed by atoms with Gasteiger partial charge in [-0.05, 0) is 42.7 Å². The normalized spacial score (nSPS) is 18.8. The highest BCUT2D eigenvalue weighted by Gasteiger charge is 2.30. The van der Waals surface area contributed by atoms with Gasteiger partial charge in [-0.1, -0.05) is 29.8 Å². The van der Waals surface area contributed by atoms with Crippen LogP contribution in [0.2, 0.25) is 5.02 Å². The number of hydrogen-bond acceptors (Lipinski definition) is 2. The van der Waals surface area contributed by atoms with Gasteiger partial charge in [0.15, 0.2) is 0 Å². The SMILES string of the molecule is O=C1CCCC(c2ccc(Cl)cc2)N1c1cccc(O)c1. The Kier molecular flexibility index (Phi) is 3.84. The Morgan fingerprint density at radius 1 is 1.14 bits per heavy atom. The topological polar surface area (TPSA) is 40.5 Å². The first-order valence-corrected chi connectivity index (χ1v) is 7.39. The number of anilines is 1. The predicted octanol–water partition coefficient (Wildman–Crippen LogP) is 4.30. The fourth-order valence-corrected chi connectivity index (χ4v) is 2.96. The molecule has 1 aliphatic rings. The highest BCUT2D eigenvalue weighted by atomic mass is 35.5. The first kappa shape index (κ1) is 14.0. The Labute approximate surface area is 128 Å². The van der Waals surface area contributed by atoms with Crippen molar-refractivity contribution in [2.24, 2.45) is 0 Å². The zero-order valence-corrected chi connectivity index (χ0v) is 12.3. The van der Waals surface area contributed by atoms with Gasteiger partial charge in [-0.3, -0.25) is 4.79 Å². The smallest absolute Gasteiger partial charge is 0.227 e. The zero-order valence-electron chi connectivity index (χ0n) is 11.5. The molecule has 1 heterocycles. The van der Waals surface area contributed by atoms with Crippen LogP contribution in [0, 0.1) is 0 Å². The van der Waals surface area contributed by atoms with Crippen LogP contribution in [0.4, 0.5) is 5.69 Å². The van der Waals surface area contributed by atoms with Gasteiger partial charge in [0.1, 0.15) is 5.75 Å². The lowest BCUT2D eigenvalue weighted by Gasteiger charge is -2.36. The number of hydrogen-bond donors (Lipinski definition) is 1. The van der Waals surface area contributed by atoms with Crippen molar-refractivity contribution >= 4 is 23.2 Å². The molecule has 0 bridgehead atoms. The molecular formula is C17H16ClNO2. The molecule has 1 aliphatic heterocycles. The van der Waals surface area contributed by atoms with Crippen molar-refractivity contribution in [3.63, 3.8) is 0 Å². The predicted molar refractivity (Wildman–Crippen MR) is 83.6 cm³/mol. The molecule has 0 aromatic heterocycles. The molecule has 0 saturated carbocycles. The van der Waals surface area contributed by atoms with Gasteiger partial charge >= 0.3 is 0 Å². The number of piperidine rings is 1. The van der Waals surface area contributed by atoms with Gasteiger partial charge < -0.3 is 10.0 Å². The Morgan fingerprint density at radius 3 is 2.62 bits per heavy atom. The number of carbonyl (C=O) groups excluding carboxylic acids is 1. The summed E-state index contributed by atoms with van der Waals surface area (Å²) in [6.07, 6.45) is 2.32. The van der Waals surface area contributed by atoms with Gasteiger partial charge in [0, 0.05) is 23.2 Å². The van der Waals surface area contributed by atoms with Crippen molar-refractivity contribution in [1.82, 2.24) is 0 Å². The molecular weight excluding hydrogens is 286 g/mol. The number of rotatable bonds is 2. The number of phenolic OH excluding ortho intramolecular Hbond substituents is 1. The van der Waals surface area contributed by atoms with Gasteiger partial charge in [-0.2, -0.15) is 0 Å². The summed E-state index contributed by atoms with van der Waals surface area (Å²) in [5.41, 5.74) is 1.80. The van der Waals surface area contributed by atoms with E-state index in [0.29, 0.717) is 11.4 Å². The Morgan fingerprint density at radius 2 is 1.90 bits per heavy atom. The zero-order chi connectivity index (χ0) is 14.8. The minimum Gasteiger partial charge on any atom is -0.508 e. The Balaban J connectivity index is 2.00. The second kappa shape index (κ2) is 5.78. The largest absolute Gasteiger partial charge is 0.508 e. The van der Waals surface area contributed by atoms with Gasteiger partial charge in [0.25, 0.3) is 0 Å². The van der Waals surface area contributed by atoms with Crippen LogP contribution in [-0.2, 0) is 4.79 Å². The van der Waals surface area contributed by atoms with E-state index in [-0.39, 0.29) is 17.7 Å². The fraction of sp³-hybridized carbons (Fsp3) is 0.235. The minimum atomic E-state index is -0.00897. The van der Waals surface area contributed by atoms with Crippen molar-refractivity contribution < 1.29 is 9.90 Å². The van der Waals surface area contributed by atoms with Crippen molar-refractivity contribution in [2.45, 2.75) is 25.3 Å². The van der Waals surface area contributed by atoms with Crippen LogP contribution >= 0.6 is 11.6 Å². The molecule has 2 aromatic rings. The molecule has 0 aliphatic carbocycles. The van der Waals surface area contributed by atoms with Gasteiger partial charge in [0.05, 0.1) is 6.04 Å². The number of halogens is 1. The molecule has 108 valence electrons. The summed E-state index contributed by atoms with van der Waals surface area (Å²) in [5, 5.41) is 10.4. The first-order chi connectivity index (χ1) is 10.1. The lowest BCUT2D eigenvalue weighted by molar-refractivity contribution is -0.120. The molecule has 0 radical (unpaired) electrons. The number of amides is 1. The molecule has 1 saturated heterocycles. The molecule has 4 heteroatoms. The third kappa shape index (κ3) is 2.88. The van der Waals surface area contributed by atoms with Crippen LogP contribution in [0.1, 0.15) is 30.9 Å². The monoisotopic (exact) mass is 301 g/mol. The average Bonchev–Trinajstić information content (AvgIpc) is 2.48. The molecule has 2 aromatic carbocycles. The van der Waals surface area contributed by atoms with Crippen LogP contribution in [0.3, 0.4) is 0 Å². The lowest BCUT2D eigenvalue weighted by Crippen LogP contribution is -2.38. The summed E-state index contributed by atoms with van der Waals surface area (Å²) < 4.78 is 0. The van der Waals surface area contributed by atoms with Gasteiger partial charge in [0.2, 0.25) is 5.91 Å². The van der Waals surface area contributed by atoms with Gasteiger partial charge in [-0.25, -0.2) is 0 Å².